The van der Waals surface area contributed by atoms with Crippen LogP contribution in [0.4, 0.5) is 8.78 Å². The smallest absolute Gasteiger partial charge is 0.201 e. The fraction of sp³-hybridized carbons (Fsp3) is 0.467. The van der Waals surface area contributed by atoms with Crippen molar-refractivity contribution in [3.63, 3.8) is 0 Å². The molecule has 1 saturated heterocycles. The maximum atomic E-state index is 14.1. The molecule has 0 spiro atoms. The van der Waals surface area contributed by atoms with Gasteiger partial charge in [-0.2, -0.15) is 4.39 Å². The average molecular weight is 324 g/mol. The van der Waals surface area contributed by atoms with Gasteiger partial charge in [-0.3, -0.25) is 9.58 Å². The van der Waals surface area contributed by atoms with Crippen LogP contribution in [0, 0.1) is 11.6 Å². The monoisotopic (exact) mass is 324 g/mol. The minimum absolute atomic E-state index is 0.0703. The van der Waals surface area contributed by atoms with E-state index < -0.39 is 11.6 Å². The van der Waals surface area contributed by atoms with Gasteiger partial charge in [0.05, 0.1) is 33.1 Å². The van der Waals surface area contributed by atoms with Crippen molar-refractivity contribution in [1.82, 2.24) is 19.9 Å². The van der Waals surface area contributed by atoms with Crippen LogP contribution in [0.15, 0.2) is 18.3 Å². The largest absolute Gasteiger partial charge is 0.494 e. The van der Waals surface area contributed by atoms with Gasteiger partial charge in [0.1, 0.15) is 5.69 Å². The molecular weight excluding hydrogens is 306 g/mol. The van der Waals surface area contributed by atoms with E-state index in [0.717, 1.165) is 32.8 Å². The highest BCUT2D eigenvalue weighted by atomic mass is 19.2. The summed E-state index contributed by atoms with van der Waals surface area (Å²) >= 11 is 0. The van der Waals surface area contributed by atoms with Crippen LogP contribution in [0.1, 0.15) is 0 Å². The predicted octanol–water partition coefficient (Wildman–Crippen LogP) is 1.56. The molecule has 0 atom stereocenters. The number of halogens is 2. The van der Waals surface area contributed by atoms with Gasteiger partial charge in [-0.15, -0.1) is 5.10 Å². The van der Waals surface area contributed by atoms with Gasteiger partial charge in [-0.05, 0) is 12.1 Å². The van der Waals surface area contributed by atoms with Crippen LogP contribution in [0.25, 0.3) is 11.3 Å². The molecule has 23 heavy (non-hydrogen) atoms. The Hall–Kier alpha value is -2.06. The number of rotatable bonds is 5. The van der Waals surface area contributed by atoms with Gasteiger partial charge in [-0.1, -0.05) is 5.21 Å². The summed E-state index contributed by atoms with van der Waals surface area (Å²) in [6.45, 7) is 4.69. The van der Waals surface area contributed by atoms with Gasteiger partial charge in [0.15, 0.2) is 11.6 Å². The first kappa shape index (κ1) is 15.8. The van der Waals surface area contributed by atoms with Crippen LogP contribution < -0.4 is 4.74 Å². The molecule has 124 valence electrons. The van der Waals surface area contributed by atoms with E-state index in [0.29, 0.717) is 12.2 Å². The normalized spacial score (nSPS) is 15.8. The van der Waals surface area contributed by atoms with Crippen LogP contribution >= 0.6 is 0 Å². The maximum absolute atomic E-state index is 14.1. The molecule has 2 aromatic rings. The Morgan fingerprint density at radius 1 is 1.17 bits per heavy atom. The number of methoxy groups -OCH3 is 1. The summed E-state index contributed by atoms with van der Waals surface area (Å²) in [7, 11) is 1.29. The minimum Gasteiger partial charge on any atom is -0.494 e. The van der Waals surface area contributed by atoms with E-state index in [1.165, 1.54) is 19.2 Å². The molecular formula is C15H18F2N4O2. The number of benzene rings is 1. The Balaban J connectivity index is 1.70. The van der Waals surface area contributed by atoms with Crippen molar-refractivity contribution in [3.05, 3.63) is 30.0 Å². The molecule has 0 amide bonds. The zero-order valence-electron chi connectivity index (χ0n) is 12.8. The van der Waals surface area contributed by atoms with Gasteiger partial charge in [0.2, 0.25) is 5.82 Å². The van der Waals surface area contributed by atoms with Gasteiger partial charge in [0.25, 0.3) is 0 Å². The van der Waals surface area contributed by atoms with E-state index in [1.54, 1.807) is 10.9 Å². The highest BCUT2D eigenvalue weighted by molar-refractivity contribution is 5.60. The minimum atomic E-state index is -1.02. The highest BCUT2D eigenvalue weighted by Crippen LogP contribution is 2.28. The summed E-state index contributed by atoms with van der Waals surface area (Å²) in [5.41, 5.74) is 0.368. The molecule has 6 nitrogen and oxygen atoms in total. The van der Waals surface area contributed by atoms with E-state index in [-0.39, 0.29) is 11.3 Å². The molecule has 0 saturated carbocycles. The number of nitrogens with zero attached hydrogens (tertiary/aromatic N) is 4. The number of hydrogen-bond acceptors (Lipinski definition) is 5. The van der Waals surface area contributed by atoms with Crippen LogP contribution in [-0.2, 0) is 11.3 Å². The summed E-state index contributed by atoms with van der Waals surface area (Å²) in [5.74, 6) is -2.14. The second-order valence-electron chi connectivity index (χ2n) is 5.26. The molecule has 1 aliphatic heterocycles. The maximum Gasteiger partial charge on any atom is 0.201 e. The molecule has 1 aromatic carbocycles. The molecule has 1 aliphatic rings. The Labute approximate surface area is 132 Å². The quantitative estimate of drug-likeness (QED) is 0.835. The van der Waals surface area contributed by atoms with Crippen molar-refractivity contribution in [1.29, 1.82) is 0 Å². The summed E-state index contributed by atoms with van der Waals surface area (Å²) in [5, 5.41) is 7.91. The first-order chi connectivity index (χ1) is 11.2. The Morgan fingerprint density at radius 3 is 2.70 bits per heavy atom. The van der Waals surface area contributed by atoms with Crippen molar-refractivity contribution in [3.8, 4) is 17.0 Å². The SMILES string of the molecule is COc1ccc(-c2cn(CCN3CCOCC3)nn2)c(F)c1F. The van der Waals surface area contributed by atoms with Crippen molar-refractivity contribution < 1.29 is 18.3 Å². The van der Waals surface area contributed by atoms with Crippen molar-refractivity contribution in [2.75, 3.05) is 40.0 Å². The zero-order valence-corrected chi connectivity index (χ0v) is 12.8. The van der Waals surface area contributed by atoms with Crippen molar-refractivity contribution in [2.24, 2.45) is 0 Å². The average Bonchev–Trinajstić information content (AvgIpc) is 3.05. The third-order valence-electron chi connectivity index (χ3n) is 3.83. The molecule has 1 aromatic heterocycles. The lowest BCUT2D eigenvalue weighted by Crippen LogP contribution is -2.38. The molecule has 1 fully saturated rings. The number of morpholine rings is 1. The number of ether oxygens (including phenoxy) is 2. The van der Waals surface area contributed by atoms with E-state index in [2.05, 4.69) is 15.2 Å². The van der Waals surface area contributed by atoms with Crippen molar-refractivity contribution >= 4 is 0 Å². The Bertz CT molecular complexity index is 671. The fourth-order valence-electron chi connectivity index (χ4n) is 2.49. The first-order valence-corrected chi connectivity index (χ1v) is 7.41. The third-order valence-corrected chi connectivity index (χ3v) is 3.83. The summed E-state index contributed by atoms with van der Waals surface area (Å²) in [4.78, 5) is 2.26. The summed E-state index contributed by atoms with van der Waals surface area (Å²) in [6.07, 6.45) is 1.62. The van der Waals surface area contributed by atoms with E-state index in [1.807, 2.05) is 0 Å². The molecule has 0 radical (unpaired) electrons. The second kappa shape index (κ2) is 7.01. The zero-order chi connectivity index (χ0) is 16.2. The molecule has 0 aliphatic carbocycles. The molecule has 0 bridgehead atoms. The Kier molecular flexibility index (Phi) is 4.82. The van der Waals surface area contributed by atoms with Crippen LogP contribution in [0.2, 0.25) is 0 Å². The van der Waals surface area contributed by atoms with Gasteiger partial charge in [0, 0.05) is 25.2 Å². The molecule has 8 heteroatoms. The molecule has 3 rings (SSSR count). The van der Waals surface area contributed by atoms with Gasteiger partial charge < -0.3 is 9.47 Å². The first-order valence-electron chi connectivity index (χ1n) is 7.41. The summed E-state index contributed by atoms with van der Waals surface area (Å²) < 4.78 is 39.5. The van der Waals surface area contributed by atoms with E-state index >= 15 is 0 Å². The van der Waals surface area contributed by atoms with E-state index in [9.17, 15) is 8.78 Å². The highest BCUT2D eigenvalue weighted by Gasteiger charge is 2.17. The van der Waals surface area contributed by atoms with Crippen LogP contribution in [0.3, 0.4) is 0 Å². The third kappa shape index (κ3) is 3.48. The fourth-order valence-corrected chi connectivity index (χ4v) is 2.49. The lowest BCUT2D eigenvalue weighted by Gasteiger charge is -2.26. The van der Waals surface area contributed by atoms with Crippen molar-refractivity contribution in [2.45, 2.75) is 6.54 Å². The Morgan fingerprint density at radius 2 is 1.96 bits per heavy atom. The number of aromatic nitrogens is 3. The molecule has 2 heterocycles. The standard InChI is InChI=1S/C15H18F2N4O2/c1-22-13-3-2-11(14(16)15(13)17)12-10-21(19-18-12)5-4-20-6-8-23-9-7-20/h2-3,10H,4-9H2,1H3. The van der Waals surface area contributed by atoms with Crippen LogP contribution in [-0.4, -0.2) is 59.9 Å². The summed E-state index contributed by atoms with van der Waals surface area (Å²) in [6, 6.07) is 2.81. The topological polar surface area (TPSA) is 52.4 Å². The lowest BCUT2D eigenvalue weighted by atomic mass is 10.1. The van der Waals surface area contributed by atoms with Gasteiger partial charge in [-0.25, -0.2) is 4.39 Å². The number of hydrogen-bond donors (Lipinski definition) is 0. The predicted molar refractivity (Wildman–Crippen MR) is 79.2 cm³/mol. The second-order valence-corrected chi connectivity index (χ2v) is 5.26. The van der Waals surface area contributed by atoms with Gasteiger partial charge >= 0.3 is 0 Å². The lowest BCUT2D eigenvalue weighted by molar-refractivity contribution is 0.0359. The van der Waals surface area contributed by atoms with Crippen LogP contribution in [0.5, 0.6) is 5.75 Å². The van der Waals surface area contributed by atoms with E-state index in [4.69, 9.17) is 9.47 Å². The molecule has 0 unspecified atom stereocenters. The molecule has 0 N–H and O–H groups in total.